The van der Waals surface area contributed by atoms with Gasteiger partial charge in [-0.25, -0.2) is 0 Å². The van der Waals surface area contributed by atoms with Crippen LogP contribution in [-0.2, 0) is 0 Å². The van der Waals surface area contributed by atoms with Crippen molar-refractivity contribution in [3.8, 4) is 5.75 Å². The zero-order valence-corrected chi connectivity index (χ0v) is 13.5. The van der Waals surface area contributed by atoms with E-state index in [-0.39, 0.29) is 5.91 Å². The molecule has 0 spiro atoms. The van der Waals surface area contributed by atoms with Crippen LogP contribution in [0.1, 0.15) is 35.3 Å². The van der Waals surface area contributed by atoms with Crippen molar-refractivity contribution in [2.45, 2.75) is 33.3 Å². The topological polar surface area (TPSA) is 29.5 Å². The highest BCUT2D eigenvalue weighted by Crippen LogP contribution is 2.37. The second-order valence-corrected chi connectivity index (χ2v) is 6.52. The lowest BCUT2D eigenvalue weighted by Gasteiger charge is -2.39. The van der Waals surface area contributed by atoms with Crippen molar-refractivity contribution in [2.24, 2.45) is 0 Å². The molecule has 1 aliphatic heterocycles. The van der Waals surface area contributed by atoms with Gasteiger partial charge in [0.2, 0.25) is 0 Å². The molecule has 22 heavy (non-hydrogen) atoms. The number of hydrogen-bond acceptors (Lipinski definition) is 2. The Morgan fingerprint density at radius 1 is 1.09 bits per heavy atom. The first-order valence-corrected chi connectivity index (χ1v) is 7.54. The Hall–Kier alpha value is -2.29. The average molecular weight is 295 g/mol. The fraction of sp³-hybridized carbons (Fsp3) is 0.316. The third kappa shape index (κ3) is 2.59. The summed E-state index contributed by atoms with van der Waals surface area (Å²) in [5, 5.41) is 0. The number of hydrogen-bond donors (Lipinski definition) is 0. The minimum Gasteiger partial charge on any atom is -0.484 e. The molecule has 0 N–H and O–H groups in total. The van der Waals surface area contributed by atoms with Crippen LogP contribution in [0.15, 0.2) is 42.5 Å². The Bertz CT molecular complexity index is 734. The lowest BCUT2D eigenvalue weighted by Crippen LogP contribution is -2.49. The first-order valence-electron chi connectivity index (χ1n) is 7.54. The maximum atomic E-state index is 13.0. The summed E-state index contributed by atoms with van der Waals surface area (Å²) in [5.41, 5.74) is 3.48. The van der Waals surface area contributed by atoms with Gasteiger partial charge >= 0.3 is 0 Å². The van der Waals surface area contributed by atoms with Crippen molar-refractivity contribution in [3.05, 3.63) is 59.2 Å². The van der Waals surface area contributed by atoms with Crippen LogP contribution in [0.3, 0.4) is 0 Å². The first kappa shape index (κ1) is 14.6. The van der Waals surface area contributed by atoms with Crippen LogP contribution < -0.4 is 9.64 Å². The molecule has 0 radical (unpaired) electrons. The van der Waals surface area contributed by atoms with E-state index < -0.39 is 5.60 Å². The van der Waals surface area contributed by atoms with Crippen molar-refractivity contribution >= 4 is 11.6 Å². The van der Waals surface area contributed by atoms with Crippen molar-refractivity contribution in [1.82, 2.24) is 0 Å². The molecule has 0 saturated carbocycles. The van der Waals surface area contributed by atoms with Gasteiger partial charge in [-0.15, -0.1) is 0 Å². The quantitative estimate of drug-likeness (QED) is 0.792. The van der Waals surface area contributed by atoms with Crippen LogP contribution in [0.5, 0.6) is 5.75 Å². The summed E-state index contributed by atoms with van der Waals surface area (Å²) < 4.78 is 5.98. The number of nitrogens with zero attached hydrogens (tertiary/aromatic N) is 1. The summed E-state index contributed by atoms with van der Waals surface area (Å²) >= 11 is 0. The molecule has 0 saturated heterocycles. The second-order valence-electron chi connectivity index (χ2n) is 6.52. The lowest BCUT2D eigenvalue weighted by atomic mass is 10.0. The first-order chi connectivity index (χ1) is 10.4. The van der Waals surface area contributed by atoms with Gasteiger partial charge in [-0.2, -0.15) is 0 Å². The number of amides is 1. The number of fused-ring (bicyclic) bond motifs is 1. The molecule has 3 nitrogen and oxygen atoms in total. The maximum Gasteiger partial charge on any atom is 0.258 e. The largest absolute Gasteiger partial charge is 0.484 e. The van der Waals surface area contributed by atoms with Crippen molar-refractivity contribution in [3.63, 3.8) is 0 Å². The number of rotatable bonds is 1. The summed E-state index contributed by atoms with van der Waals surface area (Å²) in [5.74, 6) is 0.780. The SMILES string of the molecule is Cc1ccc(C(=O)N2CC(C)(C)Oc3ccccc32)cc1C. The van der Waals surface area contributed by atoms with Crippen LogP contribution in [0.25, 0.3) is 0 Å². The Balaban J connectivity index is 2.03. The number of aryl methyl sites for hydroxylation is 2. The highest BCUT2D eigenvalue weighted by Gasteiger charge is 2.35. The molecule has 1 heterocycles. The van der Waals surface area contributed by atoms with Crippen molar-refractivity contribution in [2.75, 3.05) is 11.4 Å². The van der Waals surface area contributed by atoms with E-state index in [9.17, 15) is 4.79 Å². The monoisotopic (exact) mass is 295 g/mol. The van der Waals surface area contributed by atoms with Gasteiger partial charge in [-0.3, -0.25) is 4.79 Å². The summed E-state index contributed by atoms with van der Waals surface area (Å²) in [7, 11) is 0. The fourth-order valence-electron chi connectivity index (χ4n) is 2.77. The molecule has 0 unspecified atom stereocenters. The van der Waals surface area contributed by atoms with Crippen LogP contribution in [0.4, 0.5) is 5.69 Å². The van der Waals surface area contributed by atoms with E-state index in [4.69, 9.17) is 4.74 Å². The second kappa shape index (κ2) is 5.16. The molecule has 2 aromatic rings. The molecule has 0 aliphatic carbocycles. The van der Waals surface area contributed by atoms with Crippen LogP contribution in [-0.4, -0.2) is 18.1 Å². The number of carbonyl (C=O) groups excluding carboxylic acids is 1. The Morgan fingerprint density at radius 2 is 1.82 bits per heavy atom. The van der Waals surface area contributed by atoms with Crippen LogP contribution in [0, 0.1) is 13.8 Å². The van der Waals surface area contributed by atoms with E-state index in [2.05, 4.69) is 6.92 Å². The van der Waals surface area contributed by atoms with Gasteiger partial charge in [0.05, 0.1) is 12.2 Å². The summed E-state index contributed by atoms with van der Waals surface area (Å²) in [6, 6.07) is 13.6. The van der Waals surface area contributed by atoms with Crippen LogP contribution in [0.2, 0.25) is 0 Å². The summed E-state index contributed by atoms with van der Waals surface area (Å²) in [4.78, 5) is 14.8. The molecule has 3 rings (SSSR count). The molecule has 0 fully saturated rings. The number of benzene rings is 2. The molecule has 0 bridgehead atoms. The zero-order chi connectivity index (χ0) is 15.9. The average Bonchev–Trinajstić information content (AvgIpc) is 2.47. The van der Waals surface area contributed by atoms with Gasteiger partial charge in [0, 0.05) is 5.56 Å². The Labute approximate surface area is 131 Å². The molecule has 114 valence electrons. The lowest BCUT2D eigenvalue weighted by molar-refractivity contribution is 0.0837. The van der Waals surface area contributed by atoms with E-state index in [1.54, 1.807) is 0 Å². The van der Waals surface area contributed by atoms with E-state index in [1.807, 2.05) is 68.1 Å². The highest BCUT2D eigenvalue weighted by molar-refractivity contribution is 6.07. The molecule has 0 aromatic heterocycles. The van der Waals surface area contributed by atoms with E-state index >= 15 is 0 Å². The maximum absolute atomic E-state index is 13.0. The molecule has 2 aromatic carbocycles. The summed E-state index contributed by atoms with van der Waals surface area (Å²) in [6.45, 7) is 8.63. The predicted molar refractivity (Wildman–Crippen MR) is 88.7 cm³/mol. The number of ether oxygens (including phenoxy) is 1. The third-order valence-electron chi connectivity index (χ3n) is 4.08. The van der Waals surface area contributed by atoms with Gasteiger partial charge < -0.3 is 9.64 Å². The number of para-hydroxylation sites is 2. The predicted octanol–water partition coefficient (Wildman–Crippen LogP) is 4.12. The van der Waals surface area contributed by atoms with E-state index in [1.165, 1.54) is 5.56 Å². The Kier molecular flexibility index (Phi) is 3.44. The number of anilines is 1. The molecule has 3 heteroatoms. The van der Waals surface area contributed by atoms with Gasteiger partial charge in [0.25, 0.3) is 5.91 Å². The molecule has 1 amide bonds. The minimum absolute atomic E-state index is 0.0203. The standard InChI is InChI=1S/C19H21NO2/c1-13-9-10-15(11-14(13)2)18(21)20-12-19(3,4)22-17-8-6-5-7-16(17)20/h5-11H,12H2,1-4H3. The highest BCUT2D eigenvalue weighted by atomic mass is 16.5. The molecular formula is C19H21NO2. The smallest absolute Gasteiger partial charge is 0.258 e. The molecule has 1 aliphatic rings. The van der Waals surface area contributed by atoms with Gasteiger partial charge in [-0.05, 0) is 63.1 Å². The normalized spacial score (nSPS) is 15.9. The van der Waals surface area contributed by atoms with Gasteiger partial charge in [0.15, 0.2) is 0 Å². The zero-order valence-electron chi connectivity index (χ0n) is 13.5. The Morgan fingerprint density at radius 3 is 2.55 bits per heavy atom. The summed E-state index contributed by atoms with van der Waals surface area (Å²) in [6.07, 6.45) is 0. The molecule has 0 atom stereocenters. The number of carbonyl (C=O) groups is 1. The minimum atomic E-state index is -0.399. The van der Waals surface area contributed by atoms with Gasteiger partial charge in [-0.1, -0.05) is 18.2 Å². The van der Waals surface area contributed by atoms with Crippen molar-refractivity contribution in [1.29, 1.82) is 0 Å². The van der Waals surface area contributed by atoms with Crippen molar-refractivity contribution < 1.29 is 9.53 Å². The molecular weight excluding hydrogens is 274 g/mol. The van der Waals surface area contributed by atoms with Crippen LogP contribution >= 0.6 is 0 Å². The third-order valence-corrected chi connectivity index (χ3v) is 4.08. The fourth-order valence-corrected chi connectivity index (χ4v) is 2.77. The van der Waals surface area contributed by atoms with E-state index in [0.29, 0.717) is 6.54 Å². The van der Waals surface area contributed by atoms with E-state index in [0.717, 1.165) is 22.6 Å². The van der Waals surface area contributed by atoms with Gasteiger partial charge in [0.1, 0.15) is 11.4 Å².